The molecule has 1 heteroatoms. The Morgan fingerprint density at radius 1 is 0.270 bits per heavy atom. The molecule has 16 aliphatic rings. The molecule has 0 fully saturated rings. The summed E-state index contributed by atoms with van der Waals surface area (Å²) in [6.45, 7) is 0. The summed E-state index contributed by atoms with van der Waals surface area (Å²) in [6, 6.07) is 48.8. The molecule has 5 aromatic carbocycles. The number of hydrogen-bond donors (Lipinski definition) is 0. The SMILES string of the molecule is C[n+]1cc2ccc1-c1ccc(cc1)-c1ccc(cc1)-c1ccc(cc1)-c1ccc(cc1)-c1ccc-2cc1. The minimum atomic E-state index is 1.19. The van der Waals surface area contributed by atoms with Crippen LogP contribution >= 0.6 is 0 Å². The van der Waals surface area contributed by atoms with Gasteiger partial charge in [0.1, 0.15) is 7.05 Å². The lowest BCUT2D eigenvalue weighted by Crippen LogP contribution is -2.30. The van der Waals surface area contributed by atoms with Gasteiger partial charge in [0.15, 0.2) is 6.20 Å². The van der Waals surface area contributed by atoms with Crippen LogP contribution in [0.4, 0.5) is 0 Å². The minimum Gasteiger partial charge on any atom is -0.200 e. The lowest BCUT2D eigenvalue weighted by molar-refractivity contribution is -0.659. The van der Waals surface area contributed by atoms with Gasteiger partial charge in [-0.2, -0.15) is 0 Å². The second-order valence-electron chi connectivity index (χ2n) is 9.80. The molecule has 6 aromatic rings. The summed E-state index contributed by atoms with van der Waals surface area (Å²) in [6.07, 6.45) is 2.22. The molecule has 12 bridgehead atoms. The fourth-order valence-corrected chi connectivity index (χ4v) is 5.33. The lowest BCUT2D eigenvalue weighted by Gasteiger charge is -2.09. The highest BCUT2D eigenvalue weighted by molar-refractivity contribution is 5.76. The molecule has 9 heterocycles. The van der Waals surface area contributed by atoms with Crippen molar-refractivity contribution in [2.75, 3.05) is 0 Å². The molecule has 0 amide bonds. The van der Waals surface area contributed by atoms with Crippen LogP contribution < -0.4 is 4.57 Å². The van der Waals surface area contributed by atoms with E-state index in [1.54, 1.807) is 0 Å². The molecule has 0 saturated heterocycles. The van der Waals surface area contributed by atoms with E-state index in [2.05, 4.69) is 151 Å². The van der Waals surface area contributed by atoms with Crippen LogP contribution in [0.1, 0.15) is 0 Å². The van der Waals surface area contributed by atoms with E-state index in [1.807, 2.05) is 0 Å². The summed E-state index contributed by atoms with van der Waals surface area (Å²) in [5.41, 5.74) is 14.7. The van der Waals surface area contributed by atoms with E-state index < -0.39 is 0 Å². The summed E-state index contributed by atoms with van der Waals surface area (Å²) in [7, 11) is 2.12. The van der Waals surface area contributed by atoms with Gasteiger partial charge in [-0.25, -0.2) is 4.57 Å². The maximum atomic E-state index is 2.22. The standard InChI is InChI=1S/C36H26N/c1-37-24-35-22-23-36(37)34-20-18-32(19-21-34)30-12-10-28(11-13-30)26-4-2-25(3-5-26)27-6-8-29(9-7-27)31-14-16-33(35)17-15-31/h2-24H,1H3/q+1. The highest BCUT2D eigenvalue weighted by Gasteiger charge is 2.13. The Bertz CT molecular complexity index is 1710. The quantitative estimate of drug-likeness (QED) is 0.194. The van der Waals surface area contributed by atoms with Gasteiger partial charge in [-0.05, 0) is 68.3 Å². The van der Waals surface area contributed by atoms with Gasteiger partial charge in [-0.3, -0.25) is 0 Å². The van der Waals surface area contributed by atoms with E-state index in [9.17, 15) is 0 Å². The number of rotatable bonds is 0. The van der Waals surface area contributed by atoms with Crippen molar-refractivity contribution in [3.05, 3.63) is 140 Å². The second-order valence-corrected chi connectivity index (χ2v) is 9.80. The van der Waals surface area contributed by atoms with Gasteiger partial charge in [0.25, 0.3) is 0 Å². The smallest absolute Gasteiger partial charge is 0.200 e. The summed E-state index contributed by atoms with van der Waals surface area (Å²) < 4.78 is 2.22. The average Bonchev–Trinajstić information content (AvgIpc) is 2.97. The van der Waals surface area contributed by atoms with Crippen molar-refractivity contribution in [2.45, 2.75) is 0 Å². The zero-order chi connectivity index (χ0) is 24.8. The summed E-state index contributed by atoms with van der Waals surface area (Å²) >= 11 is 0. The van der Waals surface area contributed by atoms with Crippen molar-refractivity contribution >= 4 is 0 Å². The van der Waals surface area contributed by atoms with Crippen LogP contribution in [0.2, 0.25) is 0 Å². The molecule has 0 N–H and O–H groups in total. The van der Waals surface area contributed by atoms with Gasteiger partial charge >= 0.3 is 0 Å². The number of nitrogens with zero attached hydrogens (tertiary/aromatic N) is 1. The van der Waals surface area contributed by atoms with Crippen LogP contribution in [-0.4, -0.2) is 0 Å². The summed E-state index contributed by atoms with van der Waals surface area (Å²) in [5, 5.41) is 0. The number of pyridine rings is 1. The van der Waals surface area contributed by atoms with Gasteiger partial charge in [-0.1, -0.05) is 109 Å². The molecule has 8 aliphatic carbocycles. The van der Waals surface area contributed by atoms with Gasteiger partial charge in [0.2, 0.25) is 5.69 Å². The first-order chi connectivity index (χ1) is 18.2. The Kier molecular flexibility index (Phi) is 5.08. The van der Waals surface area contributed by atoms with Gasteiger partial charge in [-0.15, -0.1) is 0 Å². The Morgan fingerprint density at radius 2 is 0.486 bits per heavy atom. The average molecular weight is 473 g/mol. The van der Waals surface area contributed by atoms with Crippen molar-refractivity contribution < 1.29 is 4.57 Å². The molecule has 0 spiro atoms. The van der Waals surface area contributed by atoms with E-state index in [1.165, 1.54) is 66.9 Å². The molecule has 22 rings (SSSR count). The van der Waals surface area contributed by atoms with Crippen molar-refractivity contribution in [2.24, 2.45) is 7.05 Å². The first-order valence-corrected chi connectivity index (χ1v) is 12.7. The molecule has 0 unspecified atom stereocenters. The normalized spacial score (nSPS) is 11.4. The van der Waals surface area contributed by atoms with Crippen LogP contribution in [0.3, 0.4) is 0 Å². The third-order valence-electron chi connectivity index (χ3n) is 7.52. The molecule has 0 atom stereocenters. The van der Waals surface area contributed by atoms with E-state index in [0.29, 0.717) is 0 Å². The Hall–Kier alpha value is -4.75. The zero-order valence-electron chi connectivity index (χ0n) is 20.7. The Morgan fingerprint density at radius 3 is 0.757 bits per heavy atom. The molecular weight excluding hydrogens is 446 g/mol. The summed E-state index contributed by atoms with van der Waals surface area (Å²) in [4.78, 5) is 0. The molecule has 0 saturated carbocycles. The van der Waals surface area contributed by atoms with E-state index >= 15 is 0 Å². The van der Waals surface area contributed by atoms with Crippen molar-refractivity contribution in [3.63, 3.8) is 0 Å². The monoisotopic (exact) mass is 472 g/mol. The number of benzene rings is 5. The largest absolute Gasteiger partial charge is 0.212 e. The van der Waals surface area contributed by atoms with Crippen LogP contribution in [0, 0.1) is 0 Å². The van der Waals surface area contributed by atoms with Gasteiger partial charge in [0, 0.05) is 17.2 Å². The fourth-order valence-electron chi connectivity index (χ4n) is 5.33. The molecule has 37 heavy (non-hydrogen) atoms. The van der Waals surface area contributed by atoms with Crippen LogP contribution in [0.25, 0.3) is 66.9 Å². The maximum absolute atomic E-state index is 2.22. The predicted octanol–water partition coefficient (Wildman–Crippen LogP) is 8.83. The van der Waals surface area contributed by atoms with E-state index in [0.717, 1.165) is 0 Å². The molecular formula is C36H26N+. The van der Waals surface area contributed by atoms with Crippen LogP contribution in [0.5, 0.6) is 0 Å². The van der Waals surface area contributed by atoms with Gasteiger partial charge in [0.05, 0.1) is 0 Å². The second kappa shape index (κ2) is 8.72. The number of aryl methyl sites for hydroxylation is 1. The first kappa shape index (κ1) is 21.5. The Balaban J connectivity index is 1.36. The highest BCUT2D eigenvalue weighted by atomic mass is 14.9. The molecule has 1 aromatic heterocycles. The van der Waals surface area contributed by atoms with Crippen molar-refractivity contribution in [1.29, 1.82) is 0 Å². The third kappa shape index (κ3) is 3.95. The number of hydrogen-bond acceptors (Lipinski definition) is 0. The van der Waals surface area contributed by atoms with E-state index in [-0.39, 0.29) is 0 Å². The first-order valence-electron chi connectivity index (χ1n) is 12.7. The topological polar surface area (TPSA) is 3.88 Å². The number of aromatic nitrogens is 1. The minimum absolute atomic E-state index is 1.19. The van der Waals surface area contributed by atoms with E-state index in [4.69, 9.17) is 0 Å². The molecule has 0 radical (unpaired) electrons. The van der Waals surface area contributed by atoms with Crippen molar-refractivity contribution in [3.8, 4) is 66.9 Å². The van der Waals surface area contributed by atoms with Crippen LogP contribution in [-0.2, 0) is 7.05 Å². The van der Waals surface area contributed by atoms with Crippen LogP contribution in [0.15, 0.2) is 140 Å². The molecule has 1 nitrogen and oxygen atoms in total. The zero-order valence-corrected chi connectivity index (χ0v) is 20.7. The summed E-state index contributed by atoms with van der Waals surface area (Å²) in [5.74, 6) is 0. The van der Waals surface area contributed by atoms with Gasteiger partial charge < -0.3 is 0 Å². The Labute approximate surface area is 218 Å². The lowest BCUT2D eigenvalue weighted by atomic mass is 9.96. The highest BCUT2D eigenvalue weighted by Crippen LogP contribution is 2.31. The predicted molar refractivity (Wildman–Crippen MR) is 154 cm³/mol. The third-order valence-corrected chi connectivity index (χ3v) is 7.52. The molecule has 8 aliphatic heterocycles. The van der Waals surface area contributed by atoms with Crippen molar-refractivity contribution in [1.82, 2.24) is 0 Å². The fraction of sp³-hybridized carbons (Fsp3) is 0.0278. The maximum Gasteiger partial charge on any atom is 0.212 e. The molecule has 174 valence electrons.